The average Bonchev–Trinajstić information content (AvgIpc) is 3.34. The second kappa shape index (κ2) is 6.34. The fourth-order valence-corrected chi connectivity index (χ4v) is 2.88. The lowest BCUT2D eigenvalue weighted by Gasteiger charge is -2.19. The van der Waals surface area contributed by atoms with Crippen molar-refractivity contribution in [3.05, 3.63) is 23.8 Å². The van der Waals surface area contributed by atoms with Crippen LogP contribution in [0.5, 0.6) is 11.5 Å². The Balaban J connectivity index is 1.52. The van der Waals surface area contributed by atoms with E-state index in [0.717, 1.165) is 23.5 Å². The summed E-state index contributed by atoms with van der Waals surface area (Å²) in [5.41, 5.74) is 0.261. The van der Waals surface area contributed by atoms with Gasteiger partial charge in [0, 0.05) is 12.5 Å². The Labute approximate surface area is 141 Å². The molecule has 3 rings (SSSR count). The average molecular weight is 333 g/mol. The van der Waals surface area contributed by atoms with Gasteiger partial charge in [-0.1, -0.05) is 6.07 Å². The first-order valence-corrected chi connectivity index (χ1v) is 8.29. The molecule has 1 saturated carbocycles. The van der Waals surface area contributed by atoms with Crippen LogP contribution in [0, 0.1) is 11.3 Å². The molecule has 1 aliphatic heterocycles. The first-order chi connectivity index (χ1) is 11.4. The largest absolute Gasteiger partial charge is 0.486 e. The molecule has 0 aromatic heterocycles. The number of carbonyl (C=O) groups excluding carboxylic acids is 1. The quantitative estimate of drug-likeness (QED) is 0.833. The van der Waals surface area contributed by atoms with Crippen LogP contribution in [-0.2, 0) is 9.59 Å². The van der Waals surface area contributed by atoms with Crippen LogP contribution >= 0.6 is 0 Å². The number of ether oxygens (including phenoxy) is 2. The summed E-state index contributed by atoms with van der Waals surface area (Å²) in [6, 6.07) is 5.84. The summed E-state index contributed by atoms with van der Waals surface area (Å²) in [4.78, 5) is 23.3. The molecular formula is C18H23NO5. The molecule has 1 fully saturated rings. The number of rotatable bonds is 6. The van der Waals surface area contributed by atoms with Gasteiger partial charge in [-0.05, 0) is 50.3 Å². The van der Waals surface area contributed by atoms with Crippen LogP contribution < -0.4 is 14.8 Å². The van der Waals surface area contributed by atoms with Gasteiger partial charge in [-0.3, -0.25) is 9.59 Å². The third kappa shape index (κ3) is 3.47. The molecule has 0 saturated heterocycles. The highest BCUT2D eigenvalue weighted by molar-refractivity contribution is 5.83. The number of fused-ring (bicyclic) bond motifs is 1. The van der Waals surface area contributed by atoms with Gasteiger partial charge in [0.25, 0.3) is 0 Å². The van der Waals surface area contributed by atoms with Crippen LogP contribution in [0.1, 0.15) is 38.2 Å². The smallest absolute Gasteiger partial charge is 0.309 e. The van der Waals surface area contributed by atoms with Crippen LogP contribution in [0.2, 0.25) is 0 Å². The number of aliphatic carboxylic acids is 1. The zero-order valence-corrected chi connectivity index (χ0v) is 14.0. The second-order valence-electron chi connectivity index (χ2n) is 7.08. The highest BCUT2D eigenvalue weighted by Crippen LogP contribution is 2.49. The number of carbonyl (C=O) groups is 2. The topological polar surface area (TPSA) is 84.9 Å². The fraction of sp³-hybridized carbons (Fsp3) is 0.556. The van der Waals surface area contributed by atoms with Gasteiger partial charge in [-0.2, -0.15) is 0 Å². The highest BCUT2D eigenvalue weighted by Gasteiger charge is 2.44. The summed E-state index contributed by atoms with van der Waals surface area (Å²) in [6.07, 6.45) is 1.23. The Morgan fingerprint density at radius 1 is 1.25 bits per heavy atom. The van der Waals surface area contributed by atoms with Gasteiger partial charge in [-0.25, -0.2) is 0 Å². The van der Waals surface area contributed by atoms with Crippen LogP contribution in [0.4, 0.5) is 0 Å². The molecule has 6 nitrogen and oxygen atoms in total. The van der Waals surface area contributed by atoms with E-state index in [-0.39, 0.29) is 17.7 Å². The fourth-order valence-electron chi connectivity index (χ4n) is 2.88. The van der Waals surface area contributed by atoms with Crippen molar-refractivity contribution in [3.8, 4) is 11.5 Å². The summed E-state index contributed by atoms with van der Waals surface area (Å²) in [7, 11) is 0. The molecule has 24 heavy (non-hydrogen) atoms. The molecule has 1 aromatic rings. The SMILES string of the molecule is CC(C)(CCNC(=O)C1CC1c1ccc2c(c1)OCCO2)C(=O)O. The Bertz CT molecular complexity index is 655. The molecule has 6 heteroatoms. The van der Waals surface area contributed by atoms with E-state index >= 15 is 0 Å². The molecule has 1 amide bonds. The number of benzene rings is 1. The van der Waals surface area contributed by atoms with E-state index in [0.29, 0.717) is 26.2 Å². The summed E-state index contributed by atoms with van der Waals surface area (Å²) in [5.74, 6) is 0.804. The maximum Gasteiger partial charge on any atom is 0.309 e. The molecule has 0 radical (unpaired) electrons. The first kappa shape index (κ1) is 16.6. The minimum atomic E-state index is -0.850. The van der Waals surface area contributed by atoms with Crippen LogP contribution in [0.15, 0.2) is 18.2 Å². The molecule has 2 N–H and O–H groups in total. The van der Waals surface area contributed by atoms with E-state index in [1.54, 1.807) is 13.8 Å². The molecule has 0 bridgehead atoms. The molecule has 2 atom stereocenters. The number of carboxylic acid groups (broad SMARTS) is 1. The molecule has 2 unspecified atom stereocenters. The lowest BCUT2D eigenvalue weighted by Crippen LogP contribution is -2.32. The summed E-state index contributed by atoms with van der Waals surface area (Å²) < 4.78 is 11.1. The van der Waals surface area contributed by atoms with Gasteiger partial charge in [0.15, 0.2) is 11.5 Å². The Morgan fingerprint density at radius 2 is 1.96 bits per heavy atom. The molecule has 130 valence electrons. The predicted molar refractivity (Wildman–Crippen MR) is 87.3 cm³/mol. The van der Waals surface area contributed by atoms with Crippen molar-refractivity contribution in [1.82, 2.24) is 5.32 Å². The third-order valence-corrected chi connectivity index (χ3v) is 4.75. The third-order valence-electron chi connectivity index (χ3n) is 4.75. The van der Waals surface area contributed by atoms with Crippen molar-refractivity contribution in [3.63, 3.8) is 0 Å². The Hall–Kier alpha value is -2.24. The van der Waals surface area contributed by atoms with Crippen molar-refractivity contribution in [2.75, 3.05) is 19.8 Å². The number of carboxylic acids is 1. The van der Waals surface area contributed by atoms with Crippen LogP contribution in [-0.4, -0.2) is 36.7 Å². The summed E-state index contributed by atoms with van der Waals surface area (Å²) in [6.45, 7) is 4.81. The van der Waals surface area contributed by atoms with Gasteiger partial charge in [0.05, 0.1) is 5.41 Å². The van der Waals surface area contributed by atoms with Crippen LogP contribution in [0.25, 0.3) is 0 Å². The van der Waals surface area contributed by atoms with Crippen molar-refractivity contribution >= 4 is 11.9 Å². The maximum atomic E-state index is 12.2. The monoisotopic (exact) mass is 333 g/mol. The van der Waals surface area contributed by atoms with Gasteiger partial charge < -0.3 is 19.9 Å². The predicted octanol–water partition coefficient (Wildman–Crippen LogP) is 2.18. The molecule has 1 heterocycles. The number of hydrogen-bond acceptors (Lipinski definition) is 4. The van der Waals surface area contributed by atoms with Crippen molar-refractivity contribution in [2.24, 2.45) is 11.3 Å². The molecular weight excluding hydrogens is 310 g/mol. The van der Waals surface area contributed by atoms with Crippen molar-refractivity contribution < 1.29 is 24.2 Å². The van der Waals surface area contributed by atoms with Crippen molar-refractivity contribution in [1.29, 1.82) is 0 Å². The lowest BCUT2D eigenvalue weighted by atomic mass is 9.90. The highest BCUT2D eigenvalue weighted by atomic mass is 16.6. The Morgan fingerprint density at radius 3 is 2.67 bits per heavy atom. The molecule has 1 aliphatic carbocycles. The summed E-state index contributed by atoms with van der Waals surface area (Å²) in [5, 5.41) is 11.9. The zero-order chi connectivity index (χ0) is 17.3. The zero-order valence-electron chi connectivity index (χ0n) is 14.0. The van der Waals surface area contributed by atoms with Gasteiger partial charge in [0.1, 0.15) is 13.2 Å². The van der Waals surface area contributed by atoms with Crippen molar-refractivity contribution in [2.45, 2.75) is 32.6 Å². The van der Waals surface area contributed by atoms with Gasteiger partial charge >= 0.3 is 5.97 Å². The lowest BCUT2D eigenvalue weighted by molar-refractivity contribution is -0.147. The second-order valence-corrected chi connectivity index (χ2v) is 7.08. The molecule has 1 aromatic carbocycles. The van der Waals surface area contributed by atoms with E-state index in [2.05, 4.69) is 5.32 Å². The first-order valence-electron chi connectivity index (χ1n) is 8.29. The minimum Gasteiger partial charge on any atom is -0.486 e. The van der Waals surface area contributed by atoms with Gasteiger partial charge in [0.2, 0.25) is 5.91 Å². The molecule has 2 aliphatic rings. The van der Waals surface area contributed by atoms with E-state index in [1.807, 2.05) is 18.2 Å². The molecule has 0 spiro atoms. The minimum absolute atomic E-state index is 0.00363. The number of hydrogen-bond donors (Lipinski definition) is 2. The van der Waals surface area contributed by atoms with E-state index in [9.17, 15) is 9.59 Å². The van der Waals surface area contributed by atoms with E-state index < -0.39 is 11.4 Å². The standard InChI is InChI=1S/C18H23NO5/c1-18(2,17(21)22)5-6-19-16(20)13-10-12(13)11-3-4-14-15(9-11)24-8-7-23-14/h3-4,9,12-13H,5-8,10H2,1-2H3,(H,19,20)(H,21,22). The normalized spacial score (nSPS) is 21.9. The van der Waals surface area contributed by atoms with E-state index in [1.165, 1.54) is 0 Å². The van der Waals surface area contributed by atoms with Crippen LogP contribution in [0.3, 0.4) is 0 Å². The number of amides is 1. The maximum absolute atomic E-state index is 12.2. The van der Waals surface area contributed by atoms with Gasteiger partial charge in [-0.15, -0.1) is 0 Å². The van der Waals surface area contributed by atoms with E-state index in [4.69, 9.17) is 14.6 Å². The Kier molecular flexibility index (Phi) is 4.39. The summed E-state index contributed by atoms with van der Waals surface area (Å²) >= 11 is 0. The number of nitrogens with one attached hydrogen (secondary N) is 1.